The van der Waals surface area contributed by atoms with E-state index in [1.807, 2.05) is 48.5 Å². The largest absolute Gasteiger partial charge is 0.491 e. The predicted octanol–water partition coefficient (Wildman–Crippen LogP) is 1.50. The highest BCUT2D eigenvalue weighted by molar-refractivity contribution is 7.80. The van der Waals surface area contributed by atoms with E-state index in [2.05, 4.69) is 21.1 Å². The number of para-hydroxylation sites is 2. The molecule has 2 rings (SSSR count). The van der Waals surface area contributed by atoms with Crippen molar-refractivity contribution >= 4 is 47.1 Å². The second kappa shape index (κ2) is 13.9. The van der Waals surface area contributed by atoms with Gasteiger partial charge in [0.1, 0.15) is 24.7 Å². The molecule has 0 bridgehead atoms. The number of rotatable bonds is 12. The van der Waals surface area contributed by atoms with Gasteiger partial charge in [0.25, 0.3) is 0 Å². The second-order valence-electron chi connectivity index (χ2n) is 5.85. The number of nitrogens with one attached hydrogen (secondary N) is 2. The third kappa shape index (κ3) is 9.85. The van der Waals surface area contributed by atoms with E-state index in [0.29, 0.717) is 37.9 Å². The van der Waals surface area contributed by atoms with E-state index >= 15 is 0 Å². The average molecular weight is 461 g/mol. The van der Waals surface area contributed by atoms with Gasteiger partial charge in [0.05, 0.1) is 25.6 Å². The van der Waals surface area contributed by atoms with Gasteiger partial charge in [0, 0.05) is 11.1 Å². The highest BCUT2D eigenvalue weighted by Gasteiger charge is 2.02. The minimum atomic E-state index is 0.0940. The van der Waals surface area contributed by atoms with Gasteiger partial charge in [-0.3, -0.25) is 10.9 Å². The van der Waals surface area contributed by atoms with E-state index in [9.17, 15) is 0 Å². The summed E-state index contributed by atoms with van der Waals surface area (Å²) in [5.41, 5.74) is 17.3. The van der Waals surface area contributed by atoms with Gasteiger partial charge in [0.15, 0.2) is 10.2 Å². The molecule has 11 heteroatoms. The van der Waals surface area contributed by atoms with Gasteiger partial charge in [-0.15, -0.1) is 0 Å². The van der Waals surface area contributed by atoms with Crippen molar-refractivity contribution in [1.29, 1.82) is 0 Å². The van der Waals surface area contributed by atoms with E-state index in [-0.39, 0.29) is 10.2 Å². The molecule has 0 aliphatic rings. The van der Waals surface area contributed by atoms with Crippen molar-refractivity contribution in [2.24, 2.45) is 21.7 Å². The van der Waals surface area contributed by atoms with Crippen LogP contribution in [0.2, 0.25) is 0 Å². The Bertz CT molecular complexity index is 850. The number of nitrogens with zero attached hydrogens (tertiary/aromatic N) is 2. The molecule has 31 heavy (non-hydrogen) atoms. The summed E-state index contributed by atoms with van der Waals surface area (Å²) < 4.78 is 17.1. The molecule has 0 fully saturated rings. The molecule has 0 aliphatic carbocycles. The van der Waals surface area contributed by atoms with Crippen LogP contribution in [0.25, 0.3) is 0 Å². The number of hydrazone groups is 2. The minimum absolute atomic E-state index is 0.0940. The molecule has 6 N–H and O–H groups in total. The van der Waals surface area contributed by atoms with E-state index < -0.39 is 0 Å². The Morgan fingerprint density at radius 2 is 1.16 bits per heavy atom. The van der Waals surface area contributed by atoms with Crippen LogP contribution < -0.4 is 31.8 Å². The van der Waals surface area contributed by atoms with Gasteiger partial charge in [-0.05, 0) is 48.7 Å². The fourth-order valence-electron chi connectivity index (χ4n) is 2.29. The number of nitrogens with two attached hydrogens (primary N) is 2. The van der Waals surface area contributed by atoms with Crippen LogP contribution in [0, 0.1) is 0 Å². The first-order valence-electron chi connectivity index (χ1n) is 9.24. The van der Waals surface area contributed by atoms with Crippen LogP contribution in [0.3, 0.4) is 0 Å². The fraction of sp³-hybridized carbons (Fsp3) is 0.200. The molecule has 0 unspecified atom stereocenters. The molecule has 0 amide bonds. The SMILES string of the molecule is NC(=S)N/N=C\c1ccccc1OCCOCCOc1ccccc1/C=N\NC(N)=S. The zero-order chi connectivity index (χ0) is 22.3. The van der Waals surface area contributed by atoms with E-state index in [1.165, 1.54) is 0 Å². The highest BCUT2D eigenvalue weighted by atomic mass is 32.1. The molecular weight excluding hydrogens is 436 g/mol. The first-order chi connectivity index (χ1) is 15.1. The van der Waals surface area contributed by atoms with Gasteiger partial charge in [-0.2, -0.15) is 10.2 Å². The van der Waals surface area contributed by atoms with Crippen LogP contribution in [0.5, 0.6) is 11.5 Å². The maximum atomic E-state index is 5.75. The summed E-state index contributed by atoms with van der Waals surface area (Å²) in [5.74, 6) is 1.35. The highest BCUT2D eigenvalue weighted by Crippen LogP contribution is 2.16. The van der Waals surface area contributed by atoms with Crippen molar-refractivity contribution in [3.8, 4) is 11.5 Å². The maximum absolute atomic E-state index is 5.75. The zero-order valence-corrected chi connectivity index (χ0v) is 18.3. The number of benzene rings is 2. The second-order valence-corrected chi connectivity index (χ2v) is 6.73. The van der Waals surface area contributed by atoms with Crippen LogP contribution in [-0.2, 0) is 4.74 Å². The third-order valence-corrected chi connectivity index (χ3v) is 3.75. The first kappa shape index (κ1) is 24.0. The monoisotopic (exact) mass is 460 g/mol. The Morgan fingerprint density at radius 3 is 1.58 bits per heavy atom. The van der Waals surface area contributed by atoms with Crippen molar-refractivity contribution in [2.75, 3.05) is 26.4 Å². The van der Waals surface area contributed by atoms with Gasteiger partial charge in [0.2, 0.25) is 0 Å². The van der Waals surface area contributed by atoms with Gasteiger partial charge < -0.3 is 25.7 Å². The summed E-state index contributed by atoms with van der Waals surface area (Å²) in [7, 11) is 0. The summed E-state index contributed by atoms with van der Waals surface area (Å²) in [6, 6.07) is 14.9. The maximum Gasteiger partial charge on any atom is 0.184 e. The summed E-state index contributed by atoms with van der Waals surface area (Å²) >= 11 is 9.41. The average Bonchev–Trinajstić information content (AvgIpc) is 2.74. The van der Waals surface area contributed by atoms with Gasteiger partial charge in [-0.1, -0.05) is 24.3 Å². The summed E-state index contributed by atoms with van der Waals surface area (Å²) in [6.07, 6.45) is 3.17. The Kier molecular flexibility index (Phi) is 10.7. The van der Waals surface area contributed by atoms with Crippen LogP contribution >= 0.6 is 24.4 Å². The molecule has 9 nitrogen and oxygen atoms in total. The Labute approximate surface area is 191 Å². The molecule has 0 aromatic heterocycles. The molecule has 0 heterocycles. The number of hydrogen-bond donors (Lipinski definition) is 4. The third-order valence-electron chi connectivity index (χ3n) is 3.57. The van der Waals surface area contributed by atoms with Crippen LogP contribution in [-0.4, -0.2) is 49.1 Å². The molecule has 0 radical (unpaired) electrons. The molecule has 0 saturated carbocycles. The van der Waals surface area contributed by atoms with Crippen LogP contribution in [0.1, 0.15) is 11.1 Å². The Morgan fingerprint density at radius 1 is 0.742 bits per heavy atom. The number of thiocarbonyl (C=S) groups is 2. The predicted molar refractivity (Wildman–Crippen MR) is 130 cm³/mol. The number of hydrogen-bond acceptors (Lipinski definition) is 7. The summed E-state index contributed by atoms with van der Waals surface area (Å²) in [5, 5.41) is 8.07. The lowest BCUT2D eigenvalue weighted by molar-refractivity contribution is 0.0764. The smallest absolute Gasteiger partial charge is 0.184 e. The van der Waals surface area contributed by atoms with Crippen molar-refractivity contribution in [3.63, 3.8) is 0 Å². The van der Waals surface area contributed by atoms with Crippen LogP contribution in [0.15, 0.2) is 58.7 Å². The topological polar surface area (TPSA) is 129 Å². The lowest BCUT2D eigenvalue weighted by atomic mass is 10.2. The Balaban J connectivity index is 1.70. The molecular formula is C20H24N6O3S2. The lowest BCUT2D eigenvalue weighted by Crippen LogP contribution is -2.24. The quantitative estimate of drug-likeness (QED) is 0.161. The van der Waals surface area contributed by atoms with Crippen molar-refractivity contribution in [3.05, 3.63) is 59.7 Å². The normalized spacial score (nSPS) is 10.8. The molecule has 0 atom stereocenters. The Hall–Kier alpha value is -3.28. The molecule has 164 valence electrons. The molecule has 0 saturated heterocycles. The van der Waals surface area contributed by atoms with Crippen molar-refractivity contribution in [1.82, 2.24) is 10.9 Å². The molecule has 0 spiro atoms. The first-order valence-corrected chi connectivity index (χ1v) is 10.1. The number of ether oxygens (including phenoxy) is 3. The summed E-state index contributed by atoms with van der Waals surface area (Å²) in [6.45, 7) is 1.56. The van der Waals surface area contributed by atoms with Gasteiger partial charge in [-0.25, -0.2) is 0 Å². The van der Waals surface area contributed by atoms with E-state index in [0.717, 1.165) is 11.1 Å². The zero-order valence-electron chi connectivity index (χ0n) is 16.7. The lowest BCUT2D eigenvalue weighted by Gasteiger charge is -2.11. The summed E-state index contributed by atoms with van der Waals surface area (Å²) in [4.78, 5) is 0. The molecule has 0 aliphatic heterocycles. The van der Waals surface area contributed by atoms with Crippen LogP contribution in [0.4, 0.5) is 0 Å². The van der Waals surface area contributed by atoms with E-state index in [1.54, 1.807) is 12.4 Å². The minimum Gasteiger partial charge on any atom is -0.491 e. The van der Waals surface area contributed by atoms with Gasteiger partial charge >= 0.3 is 0 Å². The van der Waals surface area contributed by atoms with E-state index in [4.69, 9.17) is 50.1 Å². The standard InChI is InChI=1S/C20H24N6O3S2/c21-19(30)25-23-13-15-5-1-3-7-17(15)28-11-9-27-10-12-29-18-8-4-2-6-16(18)14-24-26-20(22)31/h1-8,13-14H,9-12H2,(H3,21,25,30)(H3,22,26,31)/b23-13-,24-14-. The molecule has 2 aromatic carbocycles. The fourth-order valence-corrected chi connectivity index (χ4v) is 2.40. The van der Waals surface area contributed by atoms with Crippen molar-refractivity contribution < 1.29 is 14.2 Å². The van der Waals surface area contributed by atoms with Crippen molar-refractivity contribution in [2.45, 2.75) is 0 Å². The molecule has 2 aromatic rings.